The number of aliphatic carboxylic acids is 1. The molecule has 2 atom stereocenters. The molecule has 1 rings (SSSR count). The Morgan fingerprint density at radius 3 is 2.58 bits per heavy atom. The van der Waals surface area contributed by atoms with Gasteiger partial charge in [0.05, 0.1) is 5.02 Å². The van der Waals surface area contributed by atoms with Crippen LogP contribution in [-0.2, 0) is 9.59 Å². The van der Waals surface area contributed by atoms with Gasteiger partial charge >= 0.3 is 5.97 Å². The molecule has 7 heteroatoms. The molecule has 0 heterocycles. The maximum Gasteiger partial charge on any atom is 0.325 e. The van der Waals surface area contributed by atoms with E-state index >= 15 is 0 Å². The number of carboxylic acid groups (broad SMARTS) is 1. The van der Waals surface area contributed by atoms with E-state index in [0.29, 0.717) is 0 Å². The number of ether oxygens (including phenoxy) is 1. The lowest BCUT2D eigenvalue weighted by molar-refractivity contribution is -0.142. The standard InChI is InChI=1S/C12H13ClFNO4/c1-6(12(17)18)15-11(16)7(2)19-10-4-3-8(14)5-9(10)13/h3-7H,1-2H3,(H,15,16)(H,17,18). The van der Waals surface area contributed by atoms with Crippen LogP contribution in [0.4, 0.5) is 4.39 Å². The van der Waals surface area contributed by atoms with E-state index in [1.807, 2.05) is 0 Å². The second kappa shape index (κ2) is 6.38. The summed E-state index contributed by atoms with van der Waals surface area (Å²) < 4.78 is 18.1. The van der Waals surface area contributed by atoms with Crippen LogP contribution < -0.4 is 10.1 Å². The fraction of sp³-hybridized carbons (Fsp3) is 0.333. The SMILES string of the molecule is CC(NC(=O)C(C)Oc1ccc(F)cc1Cl)C(=O)O. The van der Waals surface area contributed by atoms with Crippen molar-refractivity contribution in [1.82, 2.24) is 5.32 Å². The van der Waals surface area contributed by atoms with Crippen LogP contribution in [0.1, 0.15) is 13.8 Å². The maximum atomic E-state index is 12.8. The van der Waals surface area contributed by atoms with Gasteiger partial charge in [-0.15, -0.1) is 0 Å². The van der Waals surface area contributed by atoms with E-state index in [0.717, 1.165) is 12.1 Å². The van der Waals surface area contributed by atoms with Gasteiger partial charge in [-0.1, -0.05) is 11.6 Å². The van der Waals surface area contributed by atoms with E-state index in [4.69, 9.17) is 21.4 Å². The molecule has 0 radical (unpaired) electrons. The van der Waals surface area contributed by atoms with Crippen molar-refractivity contribution in [3.8, 4) is 5.75 Å². The van der Waals surface area contributed by atoms with Crippen molar-refractivity contribution in [1.29, 1.82) is 0 Å². The van der Waals surface area contributed by atoms with Gasteiger partial charge in [-0.3, -0.25) is 9.59 Å². The molecule has 0 aliphatic heterocycles. The average molecular weight is 290 g/mol. The second-order valence-corrected chi connectivity index (χ2v) is 4.31. The van der Waals surface area contributed by atoms with E-state index in [2.05, 4.69) is 5.32 Å². The lowest BCUT2D eigenvalue weighted by atomic mass is 10.3. The number of nitrogens with one attached hydrogen (secondary N) is 1. The summed E-state index contributed by atoms with van der Waals surface area (Å²) in [6.45, 7) is 2.77. The zero-order valence-corrected chi connectivity index (χ0v) is 11.1. The topological polar surface area (TPSA) is 75.6 Å². The number of carbonyl (C=O) groups is 2. The van der Waals surface area contributed by atoms with E-state index in [1.165, 1.54) is 19.9 Å². The third-order valence-corrected chi connectivity index (χ3v) is 2.59. The zero-order valence-electron chi connectivity index (χ0n) is 10.3. The molecule has 0 aromatic heterocycles. The number of hydrogen-bond acceptors (Lipinski definition) is 3. The minimum atomic E-state index is -1.15. The van der Waals surface area contributed by atoms with Crippen molar-refractivity contribution in [2.24, 2.45) is 0 Å². The molecule has 2 N–H and O–H groups in total. The highest BCUT2D eigenvalue weighted by Gasteiger charge is 2.20. The third kappa shape index (κ3) is 4.40. The first-order valence-corrected chi connectivity index (χ1v) is 5.84. The van der Waals surface area contributed by atoms with Crippen LogP contribution in [0.15, 0.2) is 18.2 Å². The van der Waals surface area contributed by atoms with Crippen molar-refractivity contribution in [2.75, 3.05) is 0 Å². The second-order valence-electron chi connectivity index (χ2n) is 3.90. The number of benzene rings is 1. The Bertz CT molecular complexity index is 495. The molecular weight excluding hydrogens is 277 g/mol. The highest BCUT2D eigenvalue weighted by Crippen LogP contribution is 2.25. The third-order valence-electron chi connectivity index (χ3n) is 2.30. The highest BCUT2D eigenvalue weighted by molar-refractivity contribution is 6.32. The van der Waals surface area contributed by atoms with Gasteiger partial charge in [0.25, 0.3) is 5.91 Å². The minimum Gasteiger partial charge on any atom is -0.480 e. The van der Waals surface area contributed by atoms with Crippen LogP contribution in [0.2, 0.25) is 5.02 Å². The molecule has 2 unspecified atom stereocenters. The predicted molar refractivity (Wildman–Crippen MR) is 66.7 cm³/mol. The Labute approximate surface area is 114 Å². The van der Waals surface area contributed by atoms with E-state index < -0.39 is 29.8 Å². The first kappa shape index (κ1) is 15.2. The summed E-state index contributed by atoms with van der Waals surface area (Å²) in [5.74, 6) is -2.13. The first-order chi connectivity index (χ1) is 8.81. The highest BCUT2D eigenvalue weighted by atomic mass is 35.5. The van der Waals surface area contributed by atoms with Gasteiger partial charge in [0.15, 0.2) is 6.10 Å². The Balaban J connectivity index is 2.66. The van der Waals surface area contributed by atoms with Gasteiger partial charge in [-0.05, 0) is 32.0 Å². The molecule has 0 fully saturated rings. The molecule has 19 heavy (non-hydrogen) atoms. The van der Waals surface area contributed by atoms with Crippen molar-refractivity contribution in [3.63, 3.8) is 0 Å². The molecule has 0 bridgehead atoms. The van der Waals surface area contributed by atoms with Crippen molar-refractivity contribution >= 4 is 23.5 Å². The summed E-state index contributed by atoms with van der Waals surface area (Å²) in [6.07, 6.45) is -0.954. The lowest BCUT2D eigenvalue weighted by Gasteiger charge is -2.17. The molecule has 0 aliphatic rings. The summed E-state index contributed by atoms with van der Waals surface area (Å²) in [5, 5.41) is 10.9. The van der Waals surface area contributed by atoms with E-state index in [1.54, 1.807) is 0 Å². The number of amides is 1. The van der Waals surface area contributed by atoms with Gasteiger partial charge in [-0.25, -0.2) is 4.39 Å². The monoisotopic (exact) mass is 289 g/mol. The number of hydrogen-bond donors (Lipinski definition) is 2. The number of carboxylic acids is 1. The molecular formula is C12H13ClFNO4. The normalized spacial score (nSPS) is 13.5. The Kier molecular flexibility index (Phi) is 5.11. The Morgan fingerprint density at radius 1 is 1.42 bits per heavy atom. The summed E-state index contributed by atoms with van der Waals surface area (Å²) in [4.78, 5) is 22.2. The van der Waals surface area contributed by atoms with Crippen LogP contribution in [0.3, 0.4) is 0 Å². The van der Waals surface area contributed by atoms with Gasteiger partial charge < -0.3 is 15.2 Å². The number of carbonyl (C=O) groups excluding carboxylic acids is 1. The van der Waals surface area contributed by atoms with E-state index in [-0.39, 0.29) is 10.8 Å². The van der Waals surface area contributed by atoms with Gasteiger partial charge in [0.1, 0.15) is 17.6 Å². The molecule has 1 amide bonds. The van der Waals surface area contributed by atoms with Gasteiger partial charge in [-0.2, -0.15) is 0 Å². The largest absolute Gasteiger partial charge is 0.480 e. The van der Waals surface area contributed by atoms with E-state index in [9.17, 15) is 14.0 Å². The number of rotatable bonds is 5. The smallest absolute Gasteiger partial charge is 0.325 e. The Morgan fingerprint density at radius 2 is 2.05 bits per heavy atom. The molecule has 104 valence electrons. The fourth-order valence-electron chi connectivity index (χ4n) is 1.21. The molecule has 1 aromatic carbocycles. The number of halogens is 2. The summed E-state index contributed by atoms with van der Waals surface area (Å²) in [7, 11) is 0. The lowest BCUT2D eigenvalue weighted by Crippen LogP contribution is -2.44. The Hall–Kier alpha value is -1.82. The minimum absolute atomic E-state index is 0.0333. The molecule has 0 spiro atoms. The zero-order chi connectivity index (χ0) is 14.6. The maximum absolute atomic E-state index is 12.8. The van der Waals surface area contributed by atoms with Gasteiger partial charge in [0, 0.05) is 0 Å². The quantitative estimate of drug-likeness (QED) is 0.867. The first-order valence-electron chi connectivity index (χ1n) is 5.46. The van der Waals surface area contributed by atoms with Crippen molar-refractivity contribution < 1.29 is 23.8 Å². The summed E-state index contributed by atoms with van der Waals surface area (Å²) in [6, 6.07) is 2.47. The molecule has 0 aliphatic carbocycles. The van der Waals surface area contributed by atoms with Crippen LogP contribution in [0.25, 0.3) is 0 Å². The van der Waals surface area contributed by atoms with Crippen molar-refractivity contribution in [3.05, 3.63) is 29.0 Å². The van der Waals surface area contributed by atoms with Crippen LogP contribution >= 0.6 is 11.6 Å². The predicted octanol–water partition coefficient (Wildman–Crippen LogP) is 1.84. The molecule has 0 saturated carbocycles. The summed E-state index contributed by atoms with van der Waals surface area (Å²) >= 11 is 5.74. The van der Waals surface area contributed by atoms with Crippen LogP contribution in [-0.4, -0.2) is 29.1 Å². The fourth-order valence-corrected chi connectivity index (χ4v) is 1.42. The average Bonchev–Trinajstić information content (AvgIpc) is 2.32. The molecule has 5 nitrogen and oxygen atoms in total. The summed E-state index contributed by atoms with van der Waals surface area (Å²) in [5.41, 5.74) is 0. The molecule has 1 aromatic rings. The van der Waals surface area contributed by atoms with Crippen molar-refractivity contribution in [2.45, 2.75) is 26.0 Å². The molecule has 0 saturated heterocycles. The van der Waals surface area contributed by atoms with Gasteiger partial charge in [0.2, 0.25) is 0 Å². The van der Waals surface area contributed by atoms with Crippen LogP contribution in [0, 0.1) is 5.82 Å². The van der Waals surface area contributed by atoms with Crippen LogP contribution in [0.5, 0.6) is 5.75 Å².